The smallest absolute Gasteiger partial charge is 0.422 e. The van der Waals surface area contributed by atoms with E-state index in [0.29, 0.717) is 6.42 Å². The van der Waals surface area contributed by atoms with Crippen LogP contribution in [0.1, 0.15) is 29.1 Å². The zero-order valence-corrected chi connectivity index (χ0v) is 17.4. The Morgan fingerprint density at radius 1 is 1.23 bits per heavy atom. The molecule has 0 atom stereocenters. The van der Waals surface area contributed by atoms with Gasteiger partial charge in [0.15, 0.2) is 12.3 Å². The maximum atomic E-state index is 12.5. The lowest BCUT2D eigenvalue weighted by molar-refractivity contribution is -0.153. The van der Waals surface area contributed by atoms with Crippen LogP contribution in [0.2, 0.25) is 5.02 Å². The van der Waals surface area contributed by atoms with Gasteiger partial charge in [0.1, 0.15) is 5.75 Å². The van der Waals surface area contributed by atoms with Gasteiger partial charge in [0.05, 0.1) is 11.4 Å². The van der Waals surface area contributed by atoms with Crippen LogP contribution in [0.25, 0.3) is 5.65 Å². The van der Waals surface area contributed by atoms with Crippen LogP contribution in [0.4, 0.5) is 18.9 Å². The van der Waals surface area contributed by atoms with Crippen molar-refractivity contribution in [1.82, 2.24) is 14.6 Å². The van der Waals surface area contributed by atoms with E-state index in [1.54, 1.807) is 4.52 Å². The van der Waals surface area contributed by atoms with Gasteiger partial charge in [0.2, 0.25) is 5.91 Å². The Hall–Kier alpha value is -2.81. The normalized spacial score (nSPS) is 11.7. The molecule has 10 heteroatoms. The summed E-state index contributed by atoms with van der Waals surface area (Å²) in [5.41, 5.74) is 4.23. The molecular formula is C20H20ClF3N4O2. The van der Waals surface area contributed by atoms with Crippen LogP contribution in [-0.2, 0) is 11.2 Å². The number of aromatic nitrogens is 3. The Labute approximate surface area is 176 Å². The van der Waals surface area contributed by atoms with Crippen molar-refractivity contribution in [3.63, 3.8) is 0 Å². The maximum Gasteiger partial charge on any atom is 0.422 e. The van der Waals surface area contributed by atoms with E-state index in [2.05, 4.69) is 15.4 Å². The van der Waals surface area contributed by atoms with Gasteiger partial charge in [-0.1, -0.05) is 11.6 Å². The van der Waals surface area contributed by atoms with E-state index in [1.807, 2.05) is 26.8 Å². The number of nitrogens with one attached hydrogen (secondary N) is 1. The summed E-state index contributed by atoms with van der Waals surface area (Å²) in [6.45, 7) is 4.18. The molecule has 1 aromatic carbocycles. The number of ether oxygens (including phenoxy) is 1. The molecule has 0 aliphatic carbocycles. The molecule has 0 bridgehead atoms. The molecule has 0 spiro atoms. The molecule has 0 saturated carbocycles. The molecule has 1 amide bonds. The van der Waals surface area contributed by atoms with Crippen LogP contribution in [0.5, 0.6) is 5.75 Å². The lowest BCUT2D eigenvalue weighted by atomic mass is 10.1. The third-order valence-corrected chi connectivity index (χ3v) is 4.73. The van der Waals surface area contributed by atoms with Crippen molar-refractivity contribution in [2.45, 2.75) is 39.8 Å². The number of carbonyl (C=O) groups excluding carboxylic acids is 1. The number of nitrogens with zero attached hydrogens (tertiary/aromatic N) is 3. The number of fused-ring (bicyclic) bond motifs is 1. The molecule has 3 rings (SSSR count). The molecule has 2 aromatic heterocycles. The number of alkyl halides is 3. The fraction of sp³-hybridized carbons (Fsp3) is 0.350. The molecule has 0 aliphatic heterocycles. The molecule has 2 heterocycles. The minimum absolute atomic E-state index is 0.0847. The quantitative estimate of drug-likeness (QED) is 0.596. The summed E-state index contributed by atoms with van der Waals surface area (Å²) >= 11 is 5.92. The number of benzene rings is 1. The Kier molecular flexibility index (Phi) is 6.21. The lowest BCUT2D eigenvalue weighted by Gasteiger charge is -2.15. The van der Waals surface area contributed by atoms with E-state index in [4.69, 9.17) is 16.3 Å². The first-order chi connectivity index (χ1) is 14.0. The molecule has 6 nitrogen and oxygen atoms in total. The highest BCUT2D eigenvalue weighted by atomic mass is 35.5. The summed E-state index contributed by atoms with van der Waals surface area (Å²) in [5, 5.41) is 7.24. The van der Waals surface area contributed by atoms with Crippen molar-refractivity contribution in [1.29, 1.82) is 0 Å². The predicted octanol–water partition coefficient (Wildman–Crippen LogP) is 4.82. The number of aryl methyl sites for hydroxylation is 3. The lowest BCUT2D eigenvalue weighted by Crippen LogP contribution is -2.20. The molecule has 160 valence electrons. The van der Waals surface area contributed by atoms with E-state index >= 15 is 0 Å². The largest absolute Gasteiger partial charge is 0.482 e. The highest BCUT2D eigenvalue weighted by Gasteiger charge is 2.29. The summed E-state index contributed by atoms with van der Waals surface area (Å²) in [4.78, 5) is 17.0. The van der Waals surface area contributed by atoms with Crippen molar-refractivity contribution >= 4 is 28.8 Å². The molecule has 0 radical (unpaired) electrons. The molecule has 1 N–H and O–H groups in total. The molecule has 0 unspecified atom stereocenters. The monoisotopic (exact) mass is 440 g/mol. The van der Waals surface area contributed by atoms with E-state index in [-0.39, 0.29) is 28.8 Å². The number of carbonyl (C=O) groups is 1. The van der Waals surface area contributed by atoms with Crippen molar-refractivity contribution in [2.24, 2.45) is 0 Å². The number of halogens is 4. The van der Waals surface area contributed by atoms with Gasteiger partial charge in [0.25, 0.3) is 0 Å². The fourth-order valence-electron chi connectivity index (χ4n) is 3.14. The molecule has 0 fully saturated rings. The van der Waals surface area contributed by atoms with Crippen molar-refractivity contribution in [3.05, 3.63) is 51.9 Å². The first-order valence-corrected chi connectivity index (χ1v) is 9.52. The second kappa shape index (κ2) is 8.51. The summed E-state index contributed by atoms with van der Waals surface area (Å²) < 4.78 is 43.9. The number of hydrogen-bond donors (Lipinski definition) is 1. The van der Waals surface area contributed by atoms with Gasteiger partial charge < -0.3 is 10.1 Å². The van der Waals surface area contributed by atoms with Gasteiger partial charge in [-0.2, -0.15) is 18.3 Å². The Bertz CT molecular complexity index is 1100. The number of amides is 1. The topological polar surface area (TPSA) is 68.5 Å². The average Bonchev–Trinajstić information content (AvgIpc) is 3.00. The van der Waals surface area contributed by atoms with Crippen LogP contribution in [0.3, 0.4) is 0 Å². The zero-order valence-electron chi connectivity index (χ0n) is 16.6. The maximum absolute atomic E-state index is 12.5. The third-order valence-electron chi connectivity index (χ3n) is 4.50. The summed E-state index contributed by atoms with van der Waals surface area (Å²) in [6, 6.07) is 5.90. The molecule has 30 heavy (non-hydrogen) atoms. The van der Waals surface area contributed by atoms with Crippen LogP contribution in [-0.4, -0.2) is 33.3 Å². The van der Waals surface area contributed by atoms with Crippen molar-refractivity contribution in [3.8, 4) is 5.75 Å². The fourth-order valence-corrected chi connectivity index (χ4v) is 3.31. The second-order valence-corrected chi connectivity index (χ2v) is 7.35. The second-order valence-electron chi connectivity index (χ2n) is 6.91. The van der Waals surface area contributed by atoms with Crippen LogP contribution in [0.15, 0.2) is 24.3 Å². The average molecular weight is 441 g/mol. The first kappa shape index (κ1) is 21.9. The number of rotatable bonds is 6. The van der Waals surface area contributed by atoms with Gasteiger partial charge in [-0.05, 0) is 51.0 Å². The third kappa shape index (κ3) is 5.21. The highest BCUT2D eigenvalue weighted by Crippen LogP contribution is 2.30. The Morgan fingerprint density at radius 2 is 1.97 bits per heavy atom. The summed E-state index contributed by atoms with van der Waals surface area (Å²) in [7, 11) is 0. The number of hydrogen-bond acceptors (Lipinski definition) is 4. The highest BCUT2D eigenvalue weighted by molar-refractivity contribution is 6.31. The minimum Gasteiger partial charge on any atom is -0.482 e. The van der Waals surface area contributed by atoms with E-state index in [9.17, 15) is 18.0 Å². The number of anilines is 1. The zero-order chi connectivity index (χ0) is 22.1. The van der Waals surface area contributed by atoms with Gasteiger partial charge in [0, 0.05) is 28.9 Å². The standard InChI is InChI=1S/C20H20ClF3N4O2/c1-11-8-18-25-12(2)15(13(3)28(18)27-11)5-7-19(29)26-16-9-14(21)4-6-17(16)30-10-20(22,23)24/h4,6,8-9H,5,7,10H2,1-3H3,(H,26,29). The van der Waals surface area contributed by atoms with E-state index < -0.39 is 12.8 Å². The van der Waals surface area contributed by atoms with Crippen LogP contribution < -0.4 is 10.1 Å². The van der Waals surface area contributed by atoms with E-state index in [0.717, 1.165) is 28.3 Å². The van der Waals surface area contributed by atoms with Crippen molar-refractivity contribution in [2.75, 3.05) is 11.9 Å². The molecular weight excluding hydrogens is 421 g/mol. The van der Waals surface area contributed by atoms with Crippen LogP contribution >= 0.6 is 11.6 Å². The van der Waals surface area contributed by atoms with Gasteiger partial charge in [-0.25, -0.2) is 9.50 Å². The summed E-state index contributed by atoms with van der Waals surface area (Å²) in [5.74, 6) is -0.489. The van der Waals surface area contributed by atoms with Gasteiger partial charge in [-0.3, -0.25) is 4.79 Å². The molecule has 0 aliphatic rings. The van der Waals surface area contributed by atoms with E-state index in [1.165, 1.54) is 18.2 Å². The Morgan fingerprint density at radius 3 is 2.67 bits per heavy atom. The van der Waals surface area contributed by atoms with Crippen molar-refractivity contribution < 1.29 is 22.7 Å². The SMILES string of the molecule is Cc1cc2nc(C)c(CCC(=O)Nc3cc(Cl)ccc3OCC(F)(F)F)c(C)n2n1. The Balaban J connectivity index is 1.72. The summed E-state index contributed by atoms with van der Waals surface area (Å²) in [6.07, 6.45) is -4.00. The molecule has 3 aromatic rings. The van der Waals surface area contributed by atoms with Gasteiger partial charge >= 0.3 is 6.18 Å². The predicted molar refractivity (Wildman–Crippen MR) is 107 cm³/mol. The van der Waals surface area contributed by atoms with Crippen LogP contribution in [0, 0.1) is 20.8 Å². The first-order valence-electron chi connectivity index (χ1n) is 9.15. The minimum atomic E-state index is -4.49. The van der Waals surface area contributed by atoms with Gasteiger partial charge in [-0.15, -0.1) is 0 Å². The molecule has 0 saturated heterocycles.